The molecule has 0 bridgehead atoms. The number of thiophene rings is 1. The van der Waals surface area contributed by atoms with E-state index in [9.17, 15) is 13.2 Å². The Hall–Kier alpha value is -3.34. The number of rotatable bonds is 5. The zero-order valence-electron chi connectivity index (χ0n) is 18.2. The molecule has 10 heteroatoms. The van der Waals surface area contributed by atoms with Gasteiger partial charge in [-0.05, 0) is 60.7 Å². The van der Waals surface area contributed by atoms with Crippen LogP contribution in [0.4, 0.5) is 11.5 Å². The summed E-state index contributed by atoms with van der Waals surface area (Å²) in [4.78, 5) is 24.7. The van der Waals surface area contributed by atoms with E-state index in [4.69, 9.17) is 15.1 Å². The average Bonchev–Trinajstić information content (AvgIpc) is 3.38. The minimum Gasteiger partial charge on any atom is -0.356 e. The minimum absolute atomic E-state index is 0.0118. The van der Waals surface area contributed by atoms with Crippen LogP contribution in [0.15, 0.2) is 70.3 Å². The van der Waals surface area contributed by atoms with E-state index in [1.54, 1.807) is 23.5 Å². The van der Waals surface area contributed by atoms with Crippen molar-refractivity contribution in [2.45, 2.75) is 17.7 Å². The summed E-state index contributed by atoms with van der Waals surface area (Å²) in [6.45, 7) is 1.40. The van der Waals surface area contributed by atoms with Crippen molar-refractivity contribution in [3.63, 3.8) is 0 Å². The molecule has 0 atom stereocenters. The fourth-order valence-electron chi connectivity index (χ4n) is 4.15. The number of sulfonamides is 1. The van der Waals surface area contributed by atoms with Gasteiger partial charge < -0.3 is 10.2 Å². The second kappa shape index (κ2) is 9.13. The van der Waals surface area contributed by atoms with E-state index in [2.05, 4.69) is 10.2 Å². The van der Waals surface area contributed by atoms with Crippen LogP contribution in [0.5, 0.6) is 0 Å². The van der Waals surface area contributed by atoms with Gasteiger partial charge in [0.1, 0.15) is 5.82 Å². The summed E-state index contributed by atoms with van der Waals surface area (Å²) in [5.74, 6) is 1.38. The predicted molar refractivity (Wildman–Crippen MR) is 134 cm³/mol. The van der Waals surface area contributed by atoms with Crippen LogP contribution in [-0.2, 0) is 14.8 Å². The number of benzene rings is 2. The molecule has 0 aliphatic carbocycles. The molecule has 1 aliphatic heterocycles. The largest absolute Gasteiger partial charge is 0.356 e. The first-order valence-electron chi connectivity index (χ1n) is 10.9. The quantitative estimate of drug-likeness (QED) is 0.436. The molecule has 5 rings (SSSR count). The predicted octanol–water partition coefficient (Wildman–Crippen LogP) is 3.86. The molecule has 4 aromatic rings. The SMILES string of the molecule is NS(=O)(=O)c1ccc(NC(=O)C2CCN(c3nc(-c4ccsc4)nc4ccccc34)CC2)cc1. The highest BCUT2D eigenvalue weighted by atomic mass is 32.2. The van der Waals surface area contributed by atoms with E-state index in [0.717, 1.165) is 22.3 Å². The van der Waals surface area contributed by atoms with E-state index in [-0.39, 0.29) is 16.7 Å². The van der Waals surface area contributed by atoms with Crippen molar-refractivity contribution >= 4 is 49.7 Å². The lowest BCUT2D eigenvalue weighted by Crippen LogP contribution is -2.38. The molecular formula is C24H23N5O3S2. The number of anilines is 2. The first-order valence-corrected chi connectivity index (χ1v) is 13.4. The van der Waals surface area contributed by atoms with Gasteiger partial charge in [0.25, 0.3) is 0 Å². The molecule has 2 aromatic heterocycles. The second-order valence-electron chi connectivity index (χ2n) is 8.22. The van der Waals surface area contributed by atoms with Crippen LogP contribution < -0.4 is 15.4 Å². The number of piperidine rings is 1. The molecule has 1 amide bonds. The molecular weight excluding hydrogens is 470 g/mol. The number of nitrogens with two attached hydrogens (primary N) is 1. The van der Waals surface area contributed by atoms with Gasteiger partial charge in [0.15, 0.2) is 5.82 Å². The lowest BCUT2D eigenvalue weighted by atomic mass is 9.95. The van der Waals surface area contributed by atoms with Gasteiger partial charge in [-0.15, -0.1) is 0 Å². The highest BCUT2D eigenvalue weighted by Crippen LogP contribution is 2.31. The number of hydrogen-bond acceptors (Lipinski definition) is 7. The third kappa shape index (κ3) is 4.65. The van der Waals surface area contributed by atoms with Crippen molar-refractivity contribution in [1.82, 2.24) is 9.97 Å². The van der Waals surface area contributed by atoms with Crippen molar-refractivity contribution < 1.29 is 13.2 Å². The molecule has 34 heavy (non-hydrogen) atoms. The summed E-state index contributed by atoms with van der Waals surface area (Å²) < 4.78 is 22.8. The Morgan fingerprint density at radius 1 is 1.03 bits per heavy atom. The molecule has 0 radical (unpaired) electrons. The van der Waals surface area contributed by atoms with E-state index in [1.165, 1.54) is 12.1 Å². The first-order chi connectivity index (χ1) is 16.4. The number of para-hydroxylation sites is 1. The van der Waals surface area contributed by atoms with Gasteiger partial charge in [-0.25, -0.2) is 23.5 Å². The zero-order chi connectivity index (χ0) is 23.7. The van der Waals surface area contributed by atoms with Crippen molar-refractivity contribution in [1.29, 1.82) is 0 Å². The number of primary sulfonamides is 1. The van der Waals surface area contributed by atoms with Gasteiger partial charge in [-0.1, -0.05) is 12.1 Å². The number of nitrogens with one attached hydrogen (secondary N) is 1. The fourth-order valence-corrected chi connectivity index (χ4v) is 5.30. The van der Waals surface area contributed by atoms with Gasteiger partial charge in [0, 0.05) is 41.0 Å². The lowest BCUT2D eigenvalue weighted by Gasteiger charge is -2.33. The number of amides is 1. The highest BCUT2D eigenvalue weighted by Gasteiger charge is 2.27. The van der Waals surface area contributed by atoms with Crippen molar-refractivity contribution in [2.75, 3.05) is 23.3 Å². The molecule has 1 fully saturated rings. The second-order valence-corrected chi connectivity index (χ2v) is 10.6. The van der Waals surface area contributed by atoms with Crippen LogP contribution in [0.3, 0.4) is 0 Å². The summed E-state index contributed by atoms with van der Waals surface area (Å²) >= 11 is 1.61. The lowest BCUT2D eigenvalue weighted by molar-refractivity contribution is -0.120. The maximum Gasteiger partial charge on any atom is 0.238 e. The minimum atomic E-state index is -3.76. The van der Waals surface area contributed by atoms with Gasteiger partial charge in [0.2, 0.25) is 15.9 Å². The first kappa shape index (κ1) is 22.5. The number of carbonyl (C=O) groups excluding carboxylic acids is 1. The molecule has 2 aromatic carbocycles. The van der Waals surface area contributed by atoms with Crippen molar-refractivity contribution in [3.8, 4) is 11.4 Å². The summed E-state index contributed by atoms with van der Waals surface area (Å²) in [6.07, 6.45) is 1.38. The third-order valence-electron chi connectivity index (χ3n) is 5.98. The molecule has 1 aliphatic rings. The van der Waals surface area contributed by atoms with Gasteiger partial charge in [-0.2, -0.15) is 11.3 Å². The summed E-state index contributed by atoms with van der Waals surface area (Å²) in [5.41, 5.74) is 2.44. The number of hydrogen-bond donors (Lipinski definition) is 2. The number of carbonyl (C=O) groups is 1. The summed E-state index contributed by atoms with van der Waals surface area (Å²) in [5, 5.41) is 13.1. The molecule has 0 spiro atoms. The molecule has 8 nitrogen and oxygen atoms in total. The molecule has 0 unspecified atom stereocenters. The molecule has 0 saturated carbocycles. The summed E-state index contributed by atoms with van der Waals surface area (Å²) in [6, 6.07) is 15.9. The van der Waals surface area contributed by atoms with Crippen LogP contribution in [0.2, 0.25) is 0 Å². The normalized spacial score (nSPS) is 14.9. The third-order valence-corrected chi connectivity index (χ3v) is 7.59. The molecule has 3 N–H and O–H groups in total. The maximum absolute atomic E-state index is 12.8. The Morgan fingerprint density at radius 2 is 1.76 bits per heavy atom. The van der Waals surface area contributed by atoms with E-state index < -0.39 is 10.0 Å². The van der Waals surface area contributed by atoms with Gasteiger partial charge >= 0.3 is 0 Å². The van der Waals surface area contributed by atoms with E-state index in [0.29, 0.717) is 37.4 Å². The Kier molecular flexibility index (Phi) is 6.03. The van der Waals surface area contributed by atoms with Crippen LogP contribution in [0, 0.1) is 5.92 Å². The Labute approximate surface area is 201 Å². The van der Waals surface area contributed by atoms with Crippen molar-refractivity contribution in [2.24, 2.45) is 11.1 Å². The number of fused-ring (bicyclic) bond motifs is 1. The summed E-state index contributed by atoms with van der Waals surface area (Å²) in [7, 11) is -3.76. The van der Waals surface area contributed by atoms with Crippen LogP contribution >= 0.6 is 11.3 Å². The van der Waals surface area contributed by atoms with Crippen LogP contribution in [0.1, 0.15) is 12.8 Å². The number of aromatic nitrogens is 2. The Bertz CT molecular complexity index is 1430. The Morgan fingerprint density at radius 3 is 2.44 bits per heavy atom. The molecule has 1 saturated heterocycles. The van der Waals surface area contributed by atoms with Gasteiger partial charge in [0.05, 0.1) is 10.4 Å². The van der Waals surface area contributed by atoms with Crippen molar-refractivity contribution in [3.05, 3.63) is 65.4 Å². The van der Waals surface area contributed by atoms with E-state index >= 15 is 0 Å². The topological polar surface area (TPSA) is 118 Å². The van der Waals surface area contributed by atoms with Gasteiger partial charge in [-0.3, -0.25) is 4.79 Å². The Balaban J connectivity index is 1.30. The number of nitrogens with zero attached hydrogens (tertiary/aromatic N) is 3. The van der Waals surface area contributed by atoms with Crippen LogP contribution in [0.25, 0.3) is 22.3 Å². The average molecular weight is 494 g/mol. The highest BCUT2D eigenvalue weighted by molar-refractivity contribution is 7.89. The van der Waals surface area contributed by atoms with Crippen LogP contribution in [-0.4, -0.2) is 37.4 Å². The monoisotopic (exact) mass is 493 g/mol. The standard InChI is InChI=1S/C24H23N5O3S2/c25-34(31,32)19-7-5-18(6-8-19)26-24(30)16-9-12-29(13-10-16)23-20-3-1-2-4-21(20)27-22(28-23)17-11-14-33-15-17/h1-8,11,14-16H,9-10,12-13H2,(H,26,30)(H2,25,31,32). The molecule has 174 valence electrons. The van der Waals surface area contributed by atoms with E-state index in [1.807, 2.05) is 41.1 Å². The molecule has 3 heterocycles. The maximum atomic E-state index is 12.8. The smallest absolute Gasteiger partial charge is 0.238 e. The zero-order valence-corrected chi connectivity index (χ0v) is 19.8. The fraction of sp³-hybridized carbons (Fsp3) is 0.208.